The zero-order valence-electron chi connectivity index (χ0n) is 15.6. The van der Waals surface area contributed by atoms with Crippen molar-refractivity contribution < 1.29 is 5.32 Å². The van der Waals surface area contributed by atoms with Gasteiger partial charge in [-0.1, -0.05) is 50.0 Å². The number of hydrogen-bond donors (Lipinski definition) is 1. The molecule has 1 saturated heterocycles. The number of allylic oxidation sites excluding steroid dienone is 1. The van der Waals surface area contributed by atoms with Gasteiger partial charge in [0.1, 0.15) is 0 Å². The van der Waals surface area contributed by atoms with Crippen molar-refractivity contribution in [3.05, 3.63) is 35.9 Å². The first-order chi connectivity index (χ1) is 11.7. The maximum absolute atomic E-state index is 2.61. The molecule has 132 valence electrons. The lowest BCUT2D eigenvalue weighted by Crippen LogP contribution is -2.87. The van der Waals surface area contributed by atoms with Gasteiger partial charge in [-0.05, 0) is 36.5 Å². The van der Waals surface area contributed by atoms with Gasteiger partial charge in [-0.3, -0.25) is 0 Å². The highest BCUT2D eigenvalue weighted by Crippen LogP contribution is 2.44. The second-order valence-electron chi connectivity index (χ2n) is 8.11. The topological polar surface area (TPSA) is 19.9 Å². The smallest absolute Gasteiger partial charge is 0.0763 e. The molecule has 1 aliphatic heterocycles. The molecule has 2 aliphatic rings. The molecule has 2 N–H and O–H groups in total. The van der Waals surface area contributed by atoms with Gasteiger partial charge in [0.15, 0.2) is 0 Å². The average Bonchev–Trinajstić information content (AvgIpc) is 2.91. The summed E-state index contributed by atoms with van der Waals surface area (Å²) in [6.07, 6.45) is 16.4. The summed E-state index contributed by atoms with van der Waals surface area (Å²) < 4.78 is 0. The molecule has 1 heterocycles. The Hall–Kier alpha value is -1.28. The molecule has 1 saturated carbocycles. The van der Waals surface area contributed by atoms with Crippen molar-refractivity contribution in [2.24, 2.45) is 11.3 Å². The van der Waals surface area contributed by atoms with E-state index < -0.39 is 0 Å². The molecule has 2 nitrogen and oxygen atoms in total. The van der Waals surface area contributed by atoms with E-state index in [2.05, 4.69) is 60.7 Å². The molecule has 24 heavy (non-hydrogen) atoms. The van der Waals surface area contributed by atoms with Gasteiger partial charge >= 0.3 is 0 Å². The quantitative estimate of drug-likeness (QED) is 0.826. The predicted molar refractivity (Wildman–Crippen MR) is 104 cm³/mol. The van der Waals surface area contributed by atoms with Crippen LogP contribution in [0.2, 0.25) is 0 Å². The lowest BCUT2D eigenvalue weighted by molar-refractivity contribution is -0.667. The minimum Gasteiger partial charge on any atom is -0.378 e. The summed E-state index contributed by atoms with van der Waals surface area (Å²) in [7, 11) is 4.20. The predicted octanol–water partition coefficient (Wildman–Crippen LogP) is 4.08. The first-order valence-corrected chi connectivity index (χ1v) is 9.98. The number of nitrogens with zero attached hydrogens (tertiary/aromatic N) is 1. The van der Waals surface area contributed by atoms with Crippen LogP contribution in [0.25, 0.3) is 6.08 Å². The molecule has 3 rings (SSSR count). The Labute approximate surface area is 148 Å². The van der Waals surface area contributed by atoms with Gasteiger partial charge in [-0.15, -0.1) is 0 Å². The highest BCUT2D eigenvalue weighted by Gasteiger charge is 2.38. The normalized spacial score (nSPS) is 22.4. The summed E-state index contributed by atoms with van der Waals surface area (Å²) in [4.78, 5) is 2.16. The van der Waals surface area contributed by atoms with Crippen LogP contribution in [0.1, 0.15) is 56.9 Å². The molecule has 1 aliphatic carbocycles. The van der Waals surface area contributed by atoms with E-state index in [-0.39, 0.29) is 0 Å². The summed E-state index contributed by atoms with van der Waals surface area (Å²) in [5.41, 5.74) is 3.08. The first kappa shape index (κ1) is 17.5. The van der Waals surface area contributed by atoms with E-state index >= 15 is 0 Å². The van der Waals surface area contributed by atoms with Crippen LogP contribution in [-0.2, 0) is 0 Å². The number of rotatable bonds is 4. The minimum atomic E-state index is 0.458. The van der Waals surface area contributed by atoms with Crippen LogP contribution >= 0.6 is 0 Å². The van der Waals surface area contributed by atoms with Crippen LogP contribution in [-0.4, -0.2) is 27.2 Å². The summed E-state index contributed by atoms with van der Waals surface area (Å²) in [6.45, 7) is 2.61. The number of quaternary nitrogens is 1. The van der Waals surface area contributed by atoms with E-state index in [1.54, 1.807) is 0 Å². The largest absolute Gasteiger partial charge is 0.378 e. The zero-order chi connectivity index (χ0) is 16.8. The fraction of sp³-hybridized carbons (Fsp3) is 0.636. The third-order valence-electron chi connectivity index (χ3n) is 6.31. The van der Waals surface area contributed by atoms with Crippen LogP contribution in [0.4, 0.5) is 5.69 Å². The van der Waals surface area contributed by atoms with Crippen LogP contribution in [0, 0.1) is 11.3 Å². The number of nitrogens with two attached hydrogens (primary N) is 1. The number of piperidine rings is 1. The van der Waals surface area contributed by atoms with Crippen molar-refractivity contribution >= 4 is 11.8 Å². The Kier molecular flexibility index (Phi) is 5.99. The molecule has 0 atom stereocenters. The van der Waals surface area contributed by atoms with E-state index in [0.717, 1.165) is 5.92 Å². The Bertz CT molecular complexity index is 515. The summed E-state index contributed by atoms with van der Waals surface area (Å²) in [5.74, 6) is 0.908. The fourth-order valence-corrected chi connectivity index (χ4v) is 4.72. The van der Waals surface area contributed by atoms with Crippen LogP contribution < -0.4 is 10.2 Å². The maximum Gasteiger partial charge on any atom is 0.0763 e. The molecule has 0 bridgehead atoms. The summed E-state index contributed by atoms with van der Waals surface area (Å²) >= 11 is 0. The average molecular weight is 328 g/mol. The molecule has 0 radical (unpaired) electrons. The van der Waals surface area contributed by atoms with Gasteiger partial charge in [0.2, 0.25) is 0 Å². The molecular formula is C22H35N2+. The molecular weight excluding hydrogens is 292 g/mol. The van der Waals surface area contributed by atoms with Gasteiger partial charge in [0, 0.05) is 38.0 Å². The molecule has 2 heteroatoms. The molecule has 0 amide bonds. The summed E-state index contributed by atoms with van der Waals surface area (Å²) in [6, 6.07) is 8.99. The molecule has 1 aromatic carbocycles. The minimum absolute atomic E-state index is 0.458. The van der Waals surface area contributed by atoms with Gasteiger partial charge < -0.3 is 10.2 Å². The third-order valence-corrected chi connectivity index (χ3v) is 6.31. The molecule has 0 unspecified atom stereocenters. The van der Waals surface area contributed by atoms with E-state index in [9.17, 15) is 0 Å². The molecule has 2 fully saturated rings. The third kappa shape index (κ3) is 4.22. The number of benzene rings is 1. The van der Waals surface area contributed by atoms with E-state index in [0.29, 0.717) is 5.41 Å². The SMILES string of the molecule is CN(C)c1ccc(C=CC2(C3CCCCCC3)CC[NH2+]CC2)cc1. The van der Waals surface area contributed by atoms with Crippen molar-refractivity contribution in [2.75, 3.05) is 32.1 Å². The van der Waals surface area contributed by atoms with Gasteiger partial charge in [-0.25, -0.2) is 0 Å². The Morgan fingerprint density at radius 3 is 2.17 bits per heavy atom. The van der Waals surface area contributed by atoms with Crippen LogP contribution in [0.3, 0.4) is 0 Å². The second kappa shape index (κ2) is 8.20. The van der Waals surface area contributed by atoms with Gasteiger partial charge in [0.05, 0.1) is 13.1 Å². The Morgan fingerprint density at radius 1 is 0.958 bits per heavy atom. The standard InChI is InChI=1S/C22H34N2/c1-24(2)21-11-9-19(10-12-21)13-14-22(15-17-23-18-16-22)20-7-5-3-4-6-8-20/h9-14,20,23H,3-8,15-18H2,1-2H3/p+1. The number of hydrogen-bond acceptors (Lipinski definition) is 1. The van der Waals surface area contributed by atoms with E-state index in [1.165, 1.54) is 75.7 Å². The number of anilines is 1. The van der Waals surface area contributed by atoms with Gasteiger partial charge in [0.25, 0.3) is 0 Å². The fourth-order valence-electron chi connectivity index (χ4n) is 4.72. The Morgan fingerprint density at radius 2 is 1.58 bits per heavy atom. The van der Waals surface area contributed by atoms with E-state index in [1.807, 2.05) is 0 Å². The zero-order valence-corrected chi connectivity index (χ0v) is 15.6. The highest BCUT2D eigenvalue weighted by molar-refractivity contribution is 5.56. The summed E-state index contributed by atoms with van der Waals surface area (Å²) in [5, 5.41) is 2.51. The van der Waals surface area contributed by atoms with Crippen molar-refractivity contribution in [2.45, 2.75) is 51.4 Å². The first-order valence-electron chi connectivity index (χ1n) is 9.98. The Balaban J connectivity index is 1.78. The van der Waals surface area contributed by atoms with Crippen LogP contribution in [0.15, 0.2) is 30.3 Å². The lowest BCUT2D eigenvalue weighted by Gasteiger charge is -2.40. The van der Waals surface area contributed by atoms with Crippen molar-refractivity contribution in [3.8, 4) is 0 Å². The second-order valence-corrected chi connectivity index (χ2v) is 8.11. The monoisotopic (exact) mass is 327 g/mol. The highest BCUT2D eigenvalue weighted by atomic mass is 15.1. The van der Waals surface area contributed by atoms with Crippen LogP contribution in [0.5, 0.6) is 0 Å². The molecule has 0 spiro atoms. The van der Waals surface area contributed by atoms with Crippen molar-refractivity contribution in [1.29, 1.82) is 0 Å². The lowest BCUT2D eigenvalue weighted by atomic mass is 9.66. The van der Waals surface area contributed by atoms with E-state index in [4.69, 9.17) is 0 Å². The molecule has 0 aromatic heterocycles. The molecule has 1 aromatic rings. The maximum atomic E-state index is 2.61. The van der Waals surface area contributed by atoms with Crippen molar-refractivity contribution in [3.63, 3.8) is 0 Å². The van der Waals surface area contributed by atoms with Gasteiger partial charge in [-0.2, -0.15) is 0 Å². The van der Waals surface area contributed by atoms with Crippen molar-refractivity contribution in [1.82, 2.24) is 0 Å².